The van der Waals surface area contributed by atoms with Crippen LogP contribution < -0.4 is 0 Å². The molecular formula is C11H20IN3O2. The van der Waals surface area contributed by atoms with Crippen molar-refractivity contribution < 1.29 is 9.90 Å². The number of aliphatic carboxylic acids is 1. The van der Waals surface area contributed by atoms with Gasteiger partial charge in [0.05, 0.1) is 6.54 Å². The molecule has 0 amide bonds. The van der Waals surface area contributed by atoms with Gasteiger partial charge in [-0.3, -0.25) is 14.6 Å². The molecular weight excluding hydrogens is 333 g/mol. The van der Waals surface area contributed by atoms with E-state index in [0.717, 1.165) is 52.1 Å². The number of piperidine rings is 1. The Bertz CT molecular complexity index is 261. The van der Waals surface area contributed by atoms with Gasteiger partial charge in [0, 0.05) is 68.2 Å². The first kappa shape index (κ1) is 13.5. The van der Waals surface area contributed by atoms with Crippen molar-refractivity contribution in [2.24, 2.45) is 0 Å². The molecule has 0 aromatic carbocycles. The minimum atomic E-state index is -0.707. The van der Waals surface area contributed by atoms with Gasteiger partial charge in [-0.2, -0.15) is 0 Å². The molecule has 2 fully saturated rings. The molecule has 0 unspecified atom stereocenters. The lowest BCUT2D eigenvalue weighted by Gasteiger charge is -2.41. The first-order chi connectivity index (χ1) is 8.15. The second kappa shape index (κ2) is 6.31. The number of halogens is 1. The number of nitrogens with zero attached hydrogens (tertiary/aromatic N) is 3. The maximum absolute atomic E-state index is 10.6. The summed E-state index contributed by atoms with van der Waals surface area (Å²) in [6, 6.07) is 0.671. The lowest BCUT2D eigenvalue weighted by molar-refractivity contribution is -0.138. The third-order valence-corrected chi connectivity index (χ3v) is 4.66. The van der Waals surface area contributed by atoms with Crippen LogP contribution >= 0.6 is 22.9 Å². The summed E-state index contributed by atoms with van der Waals surface area (Å²) in [4.78, 5) is 15.3. The van der Waals surface area contributed by atoms with E-state index in [1.807, 2.05) is 4.90 Å². The fourth-order valence-corrected chi connectivity index (χ4v) is 3.13. The van der Waals surface area contributed by atoms with Crippen LogP contribution in [-0.4, -0.2) is 75.8 Å². The molecule has 0 radical (unpaired) electrons. The largest absolute Gasteiger partial charge is 0.480 e. The van der Waals surface area contributed by atoms with E-state index in [0.29, 0.717) is 6.04 Å². The van der Waals surface area contributed by atoms with Crippen LogP contribution in [0.2, 0.25) is 0 Å². The normalized spacial score (nSPS) is 26.2. The van der Waals surface area contributed by atoms with Gasteiger partial charge in [-0.1, -0.05) is 0 Å². The first-order valence-corrected chi connectivity index (χ1v) is 7.20. The zero-order valence-electron chi connectivity index (χ0n) is 10.0. The third-order valence-electron chi connectivity index (χ3n) is 3.69. The number of carboxylic acids is 1. The lowest BCUT2D eigenvalue weighted by Crippen LogP contribution is -2.51. The van der Waals surface area contributed by atoms with Crippen molar-refractivity contribution >= 4 is 28.8 Å². The van der Waals surface area contributed by atoms with Gasteiger partial charge in [0.15, 0.2) is 0 Å². The van der Waals surface area contributed by atoms with Gasteiger partial charge in [0.1, 0.15) is 0 Å². The number of hydrogen-bond donors (Lipinski definition) is 1. The monoisotopic (exact) mass is 353 g/mol. The molecule has 0 aromatic rings. The summed E-state index contributed by atoms with van der Waals surface area (Å²) in [6.45, 7) is 6.68. The molecule has 5 nitrogen and oxygen atoms in total. The molecule has 17 heavy (non-hydrogen) atoms. The first-order valence-electron chi connectivity index (χ1n) is 6.24. The molecule has 0 bridgehead atoms. The van der Waals surface area contributed by atoms with Gasteiger partial charge in [0.2, 0.25) is 0 Å². The Kier molecular flexibility index (Phi) is 5.01. The van der Waals surface area contributed by atoms with Crippen LogP contribution in [-0.2, 0) is 4.79 Å². The number of carbonyl (C=O) groups is 1. The minimum absolute atomic E-state index is 0.203. The Labute approximate surface area is 116 Å². The second-order valence-electron chi connectivity index (χ2n) is 4.85. The zero-order valence-corrected chi connectivity index (χ0v) is 12.2. The van der Waals surface area contributed by atoms with E-state index in [1.54, 1.807) is 0 Å². The van der Waals surface area contributed by atoms with Gasteiger partial charge in [-0.05, 0) is 12.8 Å². The SMILES string of the molecule is O=C(O)CN1CCC(N2CCN(I)CC2)CC1. The standard InChI is InChI=1S/C11H20IN3O2/c12-15-7-5-14(6-8-15)10-1-3-13(4-2-10)9-11(16)17/h10H,1-9H2,(H,16,17). The van der Waals surface area contributed by atoms with E-state index >= 15 is 0 Å². The van der Waals surface area contributed by atoms with Gasteiger partial charge >= 0.3 is 5.97 Å². The molecule has 0 aliphatic carbocycles. The maximum atomic E-state index is 10.6. The second-order valence-corrected chi connectivity index (χ2v) is 6.21. The number of rotatable bonds is 3. The summed E-state index contributed by atoms with van der Waals surface area (Å²) in [7, 11) is 0. The van der Waals surface area contributed by atoms with E-state index in [-0.39, 0.29) is 6.54 Å². The molecule has 98 valence electrons. The van der Waals surface area contributed by atoms with E-state index in [1.165, 1.54) is 0 Å². The number of hydrogen-bond acceptors (Lipinski definition) is 4. The Morgan fingerprint density at radius 2 is 1.71 bits per heavy atom. The smallest absolute Gasteiger partial charge is 0.317 e. The van der Waals surface area contributed by atoms with Crippen molar-refractivity contribution in [2.45, 2.75) is 18.9 Å². The highest BCUT2D eigenvalue weighted by molar-refractivity contribution is 14.1. The van der Waals surface area contributed by atoms with E-state index in [2.05, 4.69) is 30.9 Å². The van der Waals surface area contributed by atoms with Crippen LogP contribution in [0.25, 0.3) is 0 Å². The predicted molar refractivity (Wildman–Crippen MR) is 74.3 cm³/mol. The molecule has 0 atom stereocenters. The number of piperazine rings is 1. The predicted octanol–water partition coefficient (Wildman–Crippen LogP) is 0.503. The Hall–Kier alpha value is 0.0800. The summed E-state index contributed by atoms with van der Waals surface area (Å²) in [5.41, 5.74) is 0. The van der Waals surface area contributed by atoms with Crippen LogP contribution in [0.4, 0.5) is 0 Å². The third kappa shape index (κ3) is 4.04. The minimum Gasteiger partial charge on any atom is -0.480 e. The Balaban J connectivity index is 1.73. The van der Waals surface area contributed by atoms with Crippen molar-refractivity contribution in [3.05, 3.63) is 0 Å². The highest BCUT2D eigenvalue weighted by Crippen LogP contribution is 2.18. The van der Waals surface area contributed by atoms with E-state index < -0.39 is 5.97 Å². The van der Waals surface area contributed by atoms with Crippen LogP contribution in [0, 0.1) is 0 Å². The highest BCUT2D eigenvalue weighted by Gasteiger charge is 2.27. The maximum Gasteiger partial charge on any atom is 0.317 e. The molecule has 6 heteroatoms. The zero-order chi connectivity index (χ0) is 12.3. The van der Waals surface area contributed by atoms with Gasteiger partial charge in [-0.25, -0.2) is 3.11 Å². The fraction of sp³-hybridized carbons (Fsp3) is 0.909. The Morgan fingerprint density at radius 3 is 2.24 bits per heavy atom. The lowest BCUT2D eigenvalue weighted by atomic mass is 10.0. The van der Waals surface area contributed by atoms with E-state index in [9.17, 15) is 4.79 Å². The Morgan fingerprint density at radius 1 is 1.12 bits per heavy atom. The summed E-state index contributed by atoms with van der Waals surface area (Å²) in [6.07, 6.45) is 2.24. The van der Waals surface area contributed by atoms with Crippen molar-refractivity contribution in [3.8, 4) is 0 Å². The van der Waals surface area contributed by atoms with Gasteiger partial charge < -0.3 is 5.11 Å². The molecule has 2 aliphatic heterocycles. The van der Waals surface area contributed by atoms with E-state index in [4.69, 9.17) is 5.11 Å². The van der Waals surface area contributed by atoms with Crippen LogP contribution in [0.15, 0.2) is 0 Å². The molecule has 2 saturated heterocycles. The average Bonchev–Trinajstić information content (AvgIpc) is 2.30. The fourth-order valence-electron chi connectivity index (χ4n) is 2.70. The number of carboxylic acid groups (broad SMARTS) is 1. The molecule has 0 saturated carbocycles. The number of likely N-dealkylation sites (tertiary alicyclic amines) is 1. The van der Waals surface area contributed by atoms with Gasteiger partial charge in [0.25, 0.3) is 0 Å². The summed E-state index contributed by atoms with van der Waals surface area (Å²) >= 11 is 2.39. The van der Waals surface area contributed by atoms with Crippen LogP contribution in [0.3, 0.4) is 0 Å². The molecule has 2 aliphatic rings. The topological polar surface area (TPSA) is 47.0 Å². The van der Waals surface area contributed by atoms with Crippen LogP contribution in [0.1, 0.15) is 12.8 Å². The summed E-state index contributed by atoms with van der Waals surface area (Å²) < 4.78 is 2.34. The van der Waals surface area contributed by atoms with Crippen molar-refractivity contribution in [1.82, 2.24) is 12.9 Å². The van der Waals surface area contributed by atoms with Crippen molar-refractivity contribution in [3.63, 3.8) is 0 Å². The molecule has 2 rings (SSSR count). The quantitative estimate of drug-likeness (QED) is 0.592. The molecule has 2 heterocycles. The van der Waals surface area contributed by atoms with Crippen LogP contribution in [0.5, 0.6) is 0 Å². The summed E-state index contributed by atoms with van der Waals surface area (Å²) in [5, 5.41) is 8.75. The van der Waals surface area contributed by atoms with Crippen molar-refractivity contribution in [2.75, 3.05) is 45.8 Å². The van der Waals surface area contributed by atoms with Crippen molar-refractivity contribution in [1.29, 1.82) is 0 Å². The molecule has 0 aromatic heterocycles. The average molecular weight is 353 g/mol. The highest BCUT2D eigenvalue weighted by atomic mass is 127. The molecule has 1 N–H and O–H groups in total. The summed E-state index contributed by atoms with van der Waals surface area (Å²) in [5.74, 6) is -0.707. The molecule has 0 spiro atoms. The van der Waals surface area contributed by atoms with Gasteiger partial charge in [-0.15, -0.1) is 0 Å².